The van der Waals surface area contributed by atoms with E-state index in [0.717, 1.165) is 35.6 Å². The van der Waals surface area contributed by atoms with Crippen molar-refractivity contribution in [1.82, 2.24) is 14.9 Å². The monoisotopic (exact) mass is 325 g/mol. The van der Waals surface area contributed by atoms with Gasteiger partial charge in [0.05, 0.1) is 18.0 Å². The summed E-state index contributed by atoms with van der Waals surface area (Å²) in [6.07, 6.45) is 2.66. The Labute approximate surface area is 134 Å². The number of fused-ring (bicyclic) bond motifs is 1. The van der Waals surface area contributed by atoms with Gasteiger partial charge in [0.15, 0.2) is 0 Å². The molecule has 0 aliphatic carbocycles. The van der Waals surface area contributed by atoms with Gasteiger partial charge in [0.25, 0.3) is 0 Å². The number of likely N-dealkylation sites (N-methyl/N-ethyl adjacent to an activating group) is 1. The second-order valence-electron chi connectivity index (χ2n) is 5.73. The first-order valence-electron chi connectivity index (χ1n) is 7.27. The standard InChI is InChI=1S/C15H20ClN3OS/c1-9-10(2)21-15-13(9)14(16)17-12(18-15)8-19(3)7-11-5-4-6-20-11/h11H,4-8H2,1-3H3. The molecular weight excluding hydrogens is 306 g/mol. The SMILES string of the molecule is Cc1sc2nc(CN(C)CC3CCCO3)nc(Cl)c2c1C. The third kappa shape index (κ3) is 3.21. The number of halogens is 1. The van der Waals surface area contributed by atoms with Gasteiger partial charge in [0.2, 0.25) is 0 Å². The Bertz CT molecular complexity index is 652. The van der Waals surface area contributed by atoms with E-state index in [1.54, 1.807) is 11.3 Å². The Morgan fingerprint density at radius 3 is 2.90 bits per heavy atom. The third-order valence-electron chi connectivity index (χ3n) is 3.98. The predicted octanol–water partition coefficient (Wildman–Crippen LogP) is 3.57. The van der Waals surface area contributed by atoms with Crippen LogP contribution in [0.5, 0.6) is 0 Å². The molecule has 0 aromatic carbocycles. The van der Waals surface area contributed by atoms with Crippen molar-refractivity contribution in [2.45, 2.75) is 39.3 Å². The Morgan fingerprint density at radius 1 is 1.38 bits per heavy atom. The van der Waals surface area contributed by atoms with Crippen LogP contribution in [0.2, 0.25) is 5.15 Å². The zero-order chi connectivity index (χ0) is 15.0. The molecule has 2 aromatic heterocycles. The first-order valence-corrected chi connectivity index (χ1v) is 8.46. The highest BCUT2D eigenvalue weighted by Gasteiger charge is 2.19. The van der Waals surface area contributed by atoms with Gasteiger partial charge >= 0.3 is 0 Å². The van der Waals surface area contributed by atoms with Crippen LogP contribution in [0.15, 0.2) is 0 Å². The fraction of sp³-hybridized carbons (Fsp3) is 0.600. The summed E-state index contributed by atoms with van der Waals surface area (Å²) in [4.78, 5) is 13.6. The van der Waals surface area contributed by atoms with Crippen molar-refractivity contribution in [3.63, 3.8) is 0 Å². The molecule has 4 nitrogen and oxygen atoms in total. The van der Waals surface area contributed by atoms with Crippen LogP contribution in [0, 0.1) is 13.8 Å². The average molecular weight is 326 g/mol. The van der Waals surface area contributed by atoms with Gasteiger partial charge in [-0.15, -0.1) is 11.3 Å². The van der Waals surface area contributed by atoms with Crippen LogP contribution in [0.4, 0.5) is 0 Å². The van der Waals surface area contributed by atoms with Gasteiger partial charge < -0.3 is 4.74 Å². The van der Waals surface area contributed by atoms with Crippen molar-refractivity contribution < 1.29 is 4.74 Å². The summed E-state index contributed by atoms with van der Waals surface area (Å²) in [6.45, 7) is 6.68. The zero-order valence-corrected chi connectivity index (χ0v) is 14.2. The average Bonchev–Trinajstić information content (AvgIpc) is 2.99. The van der Waals surface area contributed by atoms with E-state index in [1.165, 1.54) is 16.9 Å². The summed E-state index contributed by atoms with van der Waals surface area (Å²) in [6, 6.07) is 0. The largest absolute Gasteiger partial charge is 0.377 e. The van der Waals surface area contributed by atoms with Crippen molar-refractivity contribution in [3.05, 3.63) is 21.4 Å². The number of aryl methyl sites for hydroxylation is 2. The number of thiophene rings is 1. The van der Waals surface area contributed by atoms with E-state index in [9.17, 15) is 0 Å². The summed E-state index contributed by atoms with van der Waals surface area (Å²) in [5.41, 5.74) is 1.19. The lowest BCUT2D eigenvalue weighted by molar-refractivity contribution is 0.0786. The normalized spacial score (nSPS) is 19.0. The van der Waals surface area contributed by atoms with Crippen LogP contribution in [0.25, 0.3) is 10.2 Å². The van der Waals surface area contributed by atoms with E-state index >= 15 is 0 Å². The molecule has 3 rings (SSSR count). The molecule has 2 aromatic rings. The van der Waals surface area contributed by atoms with E-state index in [1.807, 2.05) is 0 Å². The van der Waals surface area contributed by atoms with Crippen LogP contribution < -0.4 is 0 Å². The molecule has 0 N–H and O–H groups in total. The fourth-order valence-corrected chi connectivity index (χ4v) is 4.19. The topological polar surface area (TPSA) is 38.2 Å². The van der Waals surface area contributed by atoms with E-state index in [0.29, 0.717) is 17.8 Å². The molecule has 0 radical (unpaired) electrons. The van der Waals surface area contributed by atoms with E-state index < -0.39 is 0 Å². The lowest BCUT2D eigenvalue weighted by Crippen LogP contribution is -2.29. The van der Waals surface area contributed by atoms with E-state index in [2.05, 4.69) is 35.8 Å². The first-order chi connectivity index (χ1) is 10.0. The molecular formula is C15H20ClN3OS. The molecule has 1 atom stereocenters. The number of hydrogen-bond acceptors (Lipinski definition) is 5. The molecule has 114 valence electrons. The van der Waals surface area contributed by atoms with Crippen molar-refractivity contribution in [3.8, 4) is 0 Å². The van der Waals surface area contributed by atoms with Gasteiger partial charge in [-0.3, -0.25) is 4.90 Å². The molecule has 1 aliphatic rings. The highest BCUT2D eigenvalue weighted by molar-refractivity contribution is 7.18. The van der Waals surface area contributed by atoms with Crippen molar-refractivity contribution in [2.24, 2.45) is 0 Å². The molecule has 21 heavy (non-hydrogen) atoms. The van der Waals surface area contributed by atoms with E-state index in [4.69, 9.17) is 16.3 Å². The zero-order valence-electron chi connectivity index (χ0n) is 12.6. The quantitative estimate of drug-likeness (QED) is 0.805. The minimum Gasteiger partial charge on any atom is -0.377 e. The molecule has 0 saturated carbocycles. The van der Waals surface area contributed by atoms with Crippen LogP contribution in [0.3, 0.4) is 0 Å². The Morgan fingerprint density at radius 2 is 2.19 bits per heavy atom. The Hall–Kier alpha value is -0.750. The maximum Gasteiger partial charge on any atom is 0.145 e. The molecule has 1 unspecified atom stereocenters. The van der Waals surface area contributed by atoms with Crippen molar-refractivity contribution >= 4 is 33.2 Å². The molecule has 1 saturated heterocycles. The minimum absolute atomic E-state index is 0.348. The van der Waals surface area contributed by atoms with Gasteiger partial charge in [0, 0.05) is 18.0 Å². The predicted molar refractivity (Wildman–Crippen MR) is 87.2 cm³/mol. The maximum atomic E-state index is 6.35. The second-order valence-corrected chi connectivity index (χ2v) is 7.29. The number of rotatable bonds is 4. The summed E-state index contributed by atoms with van der Waals surface area (Å²) < 4.78 is 5.67. The smallest absolute Gasteiger partial charge is 0.145 e. The molecule has 0 amide bonds. The highest BCUT2D eigenvalue weighted by Crippen LogP contribution is 2.33. The maximum absolute atomic E-state index is 6.35. The molecule has 1 fully saturated rings. The van der Waals surface area contributed by atoms with E-state index in [-0.39, 0.29) is 0 Å². The summed E-state index contributed by atoms with van der Waals surface area (Å²) >= 11 is 8.04. The summed E-state index contributed by atoms with van der Waals surface area (Å²) in [5, 5.41) is 1.58. The number of ether oxygens (including phenoxy) is 1. The fourth-order valence-electron chi connectivity index (χ4n) is 2.75. The molecule has 3 heterocycles. The van der Waals surface area contributed by atoms with Gasteiger partial charge in [-0.25, -0.2) is 9.97 Å². The lowest BCUT2D eigenvalue weighted by Gasteiger charge is -2.19. The molecule has 1 aliphatic heterocycles. The van der Waals surface area contributed by atoms with Gasteiger partial charge in [-0.05, 0) is 39.3 Å². The highest BCUT2D eigenvalue weighted by atomic mass is 35.5. The lowest BCUT2D eigenvalue weighted by atomic mass is 10.2. The van der Waals surface area contributed by atoms with Gasteiger partial charge in [-0.2, -0.15) is 0 Å². The molecule has 6 heteroatoms. The summed E-state index contributed by atoms with van der Waals surface area (Å²) in [5.74, 6) is 0.786. The number of aromatic nitrogens is 2. The number of nitrogens with zero attached hydrogens (tertiary/aromatic N) is 3. The number of hydrogen-bond donors (Lipinski definition) is 0. The van der Waals surface area contributed by atoms with Crippen LogP contribution in [-0.2, 0) is 11.3 Å². The van der Waals surface area contributed by atoms with Crippen LogP contribution in [-0.4, -0.2) is 41.2 Å². The molecule has 0 spiro atoms. The Kier molecular flexibility index (Phi) is 4.45. The summed E-state index contributed by atoms with van der Waals surface area (Å²) in [7, 11) is 2.08. The van der Waals surface area contributed by atoms with Gasteiger partial charge in [-0.1, -0.05) is 11.6 Å². The first kappa shape index (κ1) is 15.2. The van der Waals surface area contributed by atoms with Crippen LogP contribution >= 0.6 is 22.9 Å². The Balaban J connectivity index is 1.77. The van der Waals surface area contributed by atoms with Crippen LogP contribution in [0.1, 0.15) is 29.1 Å². The minimum atomic E-state index is 0.348. The third-order valence-corrected chi connectivity index (χ3v) is 5.36. The van der Waals surface area contributed by atoms with Crippen molar-refractivity contribution in [2.75, 3.05) is 20.2 Å². The van der Waals surface area contributed by atoms with Gasteiger partial charge in [0.1, 0.15) is 15.8 Å². The molecule has 0 bridgehead atoms. The van der Waals surface area contributed by atoms with Crippen molar-refractivity contribution in [1.29, 1.82) is 0 Å². The second kappa shape index (κ2) is 6.16.